The lowest BCUT2D eigenvalue weighted by Gasteiger charge is -2.21. The van der Waals surface area contributed by atoms with Crippen LogP contribution < -0.4 is 0 Å². The van der Waals surface area contributed by atoms with E-state index in [-0.39, 0.29) is 5.91 Å². The van der Waals surface area contributed by atoms with Gasteiger partial charge in [0, 0.05) is 22.6 Å². The molecule has 0 aliphatic heterocycles. The summed E-state index contributed by atoms with van der Waals surface area (Å²) in [4.78, 5) is 14.1. The first-order chi connectivity index (χ1) is 8.63. The fourth-order valence-electron chi connectivity index (χ4n) is 1.80. The summed E-state index contributed by atoms with van der Waals surface area (Å²) in [7, 11) is 0. The maximum atomic E-state index is 12.3. The highest BCUT2D eigenvalue weighted by atomic mass is 79.9. The Kier molecular flexibility index (Phi) is 4.26. The molecule has 1 fully saturated rings. The minimum atomic E-state index is -0.0230. The Morgan fingerprint density at radius 2 is 2.28 bits per heavy atom. The van der Waals surface area contributed by atoms with Crippen molar-refractivity contribution in [3.8, 4) is 6.07 Å². The van der Waals surface area contributed by atoms with Crippen molar-refractivity contribution in [2.24, 2.45) is 0 Å². The molecule has 0 aromatic heterocycles. The van der Waals surface area contributed by atoms with E-state index in [1.807, 2.05) is 0 Å². The van der Waals surface area contributed by atoms with Crippen LogP contribution in [0.5, 0.6) is 0 Å². The Balaban J connectivity index is 2.17. The summed E-state index contributed by atoms with van der Waals surface area (Å²) in [5.74, 6) is -0.0230. The minimum absolute atomic E-state index is 0.0230. The molecule has 0 bridgehead atoms. The lowest BCUT2D eigenvalue weighted by atomic mass is 10.2. The van der Waals surface area contributed by atoms with Gasteiger partial charge < -0.3 is 4.90 Å². The van der Waals surface area contributed by atoms with Gasteiger partial charge in [0.15, 0.2) is 0 Å². The van der Waals surface area contributed by atoms with Gasteiger partial charge in [-0.15, -0.1) is 0 Å². The number of halogens is 2. The van der Waals surface area contributed by atoms with Crippen molar-refractivity contribution in [2.75, 3.05) is 6.54 Å². The third kappa shape index (κ3) is 3.04. The van der Waals surface area contributed by atoms with E-state index in [9.17, 15) is 4.79 Å². The van der Waals surface area contributed by atoms with Crippen LogP contribution in [0.15, 0.2) is 22.7 Å². The Bertz CT molecular complexity index is 508. The number of carbonyl (C=O) groups is 1. The van der Waals surface area contributed by atoms with Crippen LogP contribution in [0.3, 0.4) is 0 Å². The standard InChI is InChI=1S/C13H12BrClN2O/c14-11-8-9(2-5-12(11)15)13(18)17(7-1-6-16)10-3-4-10/h2,5,8,10H,1,3-4,7H2. The molecule has 5 heteroatoms. The summed E-state index contributed by atoms with van der Waals surface area (Å²) in [5.41, 5.74) is 0.608. The maximum absolute atomic E-state index is 12.3. The molecule has 0 heterocycles. The highest BCUT2D eigenvalue weighted by Crippen LogP contribution is 2.30. The van der Waals surface area contributed by atoms with Crippen LogP contribution in [0.25, 0.3) is 0 Å². The fraction of sp³-hybridized carbons (Fsp3) is 0.385. The van der Waals surface area contributed by atoms with Crippen LogP contribution in [0, 0.1) is 11.3 Å². The molecule has 1 amide bonds. The summed E-state index contributed by atoms with van der Waals surface area (Å²) >= 11 is 9.22. The highest BCUT2D eigenvalue weighted by molar-refractivity contribution is 9.10. The van der Waals surface area contributed by atoms with Gasteiger partial charge in [0.05, 0.1) is 17.5 Å². The van der Waals surface area contributed by atoms with Gasteiger partial charge in [-0.25, -0.2) is 0 Å². The molecule has 0 atom stereocenters. The maximum Gasteiger partial charge on any atom is 0.254 e. The van der Waals surface area contributed by atoms with Crippen LogP contribution >= 0.6 is 27.5 Å². The van der Waals surface area contributed by atoms with Gasteiger partial charge in [-0.2, -0.15) is 5.26 Å². The zero-order valence-corrected chi connectivity index (χ0v) is 12.0. The third-order valence-electron chi connectivity index (χ3n) is 2.88. The van der Waals surface area contributed by atoms with E-state index < -0.39 is 0 Å². The van der Waals surface area contributed by atoms with E-state index >= 15 is 0 Å². The molecule has 0 saturated heterocycles. The zero-order valence-electron chi connectivity index (χ0n) is 9.70. The first kappa shape index (κ1) is 13.4. The molecule has 1 saturated carbocycles. The average molecular weight is 328 g/mol. The average Bonchev–Trinajstić information content (AvgIpc) is 3.17. The largest absolute Gasteiger partial charge is 0.335 e. The Labute approximate surface area is 119 Å². The lowest BCUT2D eigenvalue weighted by Crippen LogP contribution is -2.33. The summed E-state index contributed by atoms with van der Waals surface area (Å²) < 4.78 is 0.714. The first-order valence-electron chi connectivity index (χ1n) is 5.76. The van der Waals surface area contributed by atoms with E-state index in [4.69, 9.17) is 16.9 Å². The van der Waals surface area contributed by atoms with Crippen molar-refractivity contribution < 1.29 is 4.79 Å². The van der Waals surface area contributed by atoms with Gasteiger partial charge in [-0.1, -0.05) is 11.6 Å². The smallest absolute Gasteiger partial charge is 0.254 e. The summed E-state index contributed by atoms with van der Waals surface area (Å²) in [6, 6.07) is 7.54. The van der Waals surface area contributed by atoms with E-state index in [0.717, 1.165) is 12.8 Å². The number of rotatable bonds is 4. The van der Waals surface area contributed by atoms with Crippen LogP contribution in [-0.2, 0) is 0 Å². The lowest BCUT2D eigenvalue weighted by molar-refractivity contribution is 0.0747. The van der Waals surface area contributed by atoms with Crippen LogP contribution in [0.4, 0.5) is 0 Å². The molecule has 94 valence electrons. The summed E-state index contributed by atoms with van der Waals surface area (Å²) in [6.07, 6.45) is 2.44. The molecule has 1 aliphatic rings. The summed E-state index contributed by atoms with van der Waals surface area (Å²) in [5, 5.41) is 9.22. The van der Waals surface area contributed by atoms with Crippen molar-refractivity contribution in [3.63, 3.8) is 0 Å². The predicted molar refractivity (Wildman–Crippen MR) is 73.4 cm³/mol. The second kappa shape index (κ2) is 5.73. The van der Waals surface area contributed by atoms with Gasteiger partial charge in [0.25, 0.3) is 5.91 Å². The Hall–Kier alpha value is -1.05. The molecule has 0 N–H and O–H groups in total. The van der Waals surface area contributed by atoms with Crippen LogP contribution in [0.2, 0.25) is 5.02 Å². The molecule has 0 unspecified atom stereocenters. The molecule has 3 nitrogen and oxygen atoms in total. The van der Waals surface area contributed by atoms with Crippen molar-refractivity contribution in [2.45, 2.75) is 25.3 Å². The molecule has 2 rings (SSSR count). The van der Waals surface area contributed by atoms with E-state index in [1.165, 1.54) is 0 Å². The SMILES string of the molecule is N#CCCN(C(=O)c1ccc(Cl)c(Br)c1)C1CC1. The molecular formula is C13H12BrClN2O. The molecule has 18 heavy (non-hydrogen) atoms. The van der Waals surface area contributed by atoms with E-state index in [0.29, 0.717) is 34.1 Å². The normalized spacial score (nSPS) is 14.1. The second-order valence-corrected chi connectivity index (χ2v) is 5.53. The highest BCUT2D eigenvalue weighted by Gasteiger charge is 2.32. The molecule has 1 aromatic carbocycles. The molecule has 0 spiro atoms. The van der Waals surface area contributed by atoms with Gasteiger partial charge in [0.2, 0.25) is 0 Å². The molecule has 0 radical (unpaired) electrons. The predicted octanol–water partition coefficient (Wildman–Crippen LogP) is 3.62. The van der Waals surface area contributed by atoms with Crippen LogP contribution in [0.1, 0.15) is 29.6 Å². The third-order valence-corrected chi connectivity index (χ3v) is 4.09. The van der Waals surface area contributed by atoms with Crippen molar-refractivity contribution in [1.82, 2.24) is 4.90 Å². The topological polar surface area (TPSA) is 44.1 Å². The van der Waals surface area contributed by atoms with E-state index in [2.05, 4.69) is 22.0 Å². The number of amides is 1. The van der Waals surface area contributed by atoms with Crippen LogP contribution in [-0.4, -0.2) is 23.4 Å². The molecule has 1 aliphatic carbocycles. The van der Waals surface area contributed by atoms with Crippen molar-refractivity contribution in [1.29, 1.82) is 5.26 Å². The number of benzene rings is 1. The number of nitriles is 1. The van der Waals surface area contributed by atoms with Gasteiger partial charge in [-0.05, 0) is 47.0 Å². The zero-order chi connectivity index (χ0) is 13.1. The first-order valence-corrected chi connectivity index (χ1v) is 6.93. The quantitative estimate of drug-likeness (QED) is 0.847. The molecular weight excluding hydrogens is 316 g/mol. The fourth-order valence-corrected chi connectivity index (χ4v) is 2.30. The van der Waals surface area contributed by atoms with Gasteiger partial charge in [0.1, 0.15) is 0 Å². The Morgan fingerprint density at radius 3 is 2.83 bits per heavy atom. The number of hydrogen-bond acceptors (Lipinski definition) is 2. The van der Waals surface area contributed by atoms with Gasteiger partial charge >= 0.3 is 0 Å². The van der Waals surface area contributed by atoms with Crippen molar-refractivity contribution in [3.05, 3.63) is 33.3 Å². The number of hydrogen-bond donors (Lipinski definition) is 0. The van der Waals surface area contributed by atoms with Gasteiger partial charge in [-0.3, -0.25) is 4.79 Å². The van der Waals surface area contributed by atoms with E-state index in [1.54, 1.807) is 23.1 Å². The second-order valence-electron chi connectivity index (χ2n) is 4.27. The summed E-state index contributed by atoms with van der Waals surface area (Å²) in [6.45, 7) is 0.500. The minimum Gasteiger partial charge on any atom is -0.335 e. The monoisotopic (exact) mass is 326 g/mol. The number of carbonyl (C=O) groups excluding carboxylic acids is 1. The Morgan fingerprint density at radius 1 is 1.56 bits per heavy atom. The number of nitrogens with zero attached hydrogens (tertiary/aromatic N) is 2. The van der Waals surface area contributed by atoms with Crippen molar-refractivity contribution >= 4 is 33.4 Å². The molecule has 1 aromatic rings.